The summed E-state index contributed by atoms with van der Waals surface area (Å²) in [6.45, 7) is 4.01. The van der Waals surface area contributed by atoms with Crippen molar-refractivity contribution in [3.8, 4) is 0 Å². The highest BCUT2D eigenvalue weighted by Crippen LogP contribution is 2.21. The van der Waals surface area contributed by atoms with Crippen LogP contribution >= 0.6 is 0 Å². The monoisotopic (exact) mass is 244 g/mol. The Hall–Kier alpha value is -1.56. The molecule has 0 bridgehead atoms. The van der Waals surface area contributed by atoms with Gasteiger partial charge in [0.2, 0.25) is 5.82 Å². The van der Waals surface area contributed by atoms with Crippen molar-refractivity contribution in [3.63, 3.8) is 0 Å². The third-order valence-electron chi connectivity index (χ3n) is 2.57. The Morgan fingerprint density at radius 2 is 2.06 bits per heavy atom. The summed E-state index contributed by atoms with van der Waals surface area (Å²) in [6, 6.07) is 1.64. The zero-order chi connectivity index (χ0) is 13.0. The number of halogens is 2. The van der Waals surface area contributed by atoms with Gasteiger partial charge < -0.3 is 5.32 Å². The van der Waals surface area contributed by atoms with E-state index in [0.717, 1.165) is 12.5 Å². The van der Waals surface area contributed by atoms with Crippen LogP contribution in [0.5, 0.6) is 0 Å². The molecule has 17 heavy (non-hydrogen) atoms. The molecule has 0 radical (unpaired) electrons. The van der Waals surface area contributed by atoms with Crippen molar-refractivity contribution in [1.82, 2.24) is 5.32 Å². The van der Waals surface area contributed by atoms with Crippen LogP contribution in [0.2, 0.25) is 0 Å². The van der Waals surface area contributed by atoms with Gasteiger partial charge in [-0.2, -0.15) is 4.39 Å². The van der Waals surface area contributed by atoms with E-state index in [1.165, 1.54) is 0 Å². The first-order chi connectivity index (χ1) is 7.95. The molecule has 1 unspecified atom stereocenters. The van der Waals surface area contributed by atoms with Crippen LogP contribution in [0.3, 0.4) is 0 Å². The van der Waals surface area contributed by atoms with Crippen LogP contribution in [0.4, 0.5) is 14.5 Å². The van der Waals surface area contributed by atoms with E-state index in [0.29, 0.717) is 6.07 Å². The lowest BCUT2D eigenvalue weighted by molar-refractivity contribution is -0.387. The van der Waals surface area contributed by atoms with E-state index in [2.05, 4.69) is 5.32 Å². The van der Waals surface area contributed by atoms with Crippen molar-refractivity contribution in [2.24, 2.45) is 0 Å². The first-order valence-corrected chi connectivity index (χ1v) is 5.31. The Morgan fingerprint density at radius 1 is 1.41 bits per heavy atom. The fourth-order valence-corrected chi connectivity index (χ4v) is 1.28. The molecule has 6 heteroatoms. The zero-order valence-corrected chi connectivity index (χ0v) is 9.67. The molecule has 0 fully saturated rings. The maximum atomic E-state index is 13.3. The second-order valence-electron chi connectivity index (χ2n) is 3.84. The molecule has 0 saturated heterocycles. The minimum absolute atomic E-state index is 0.0957. The maximum Gasteiger partial charge on any atom is 0.305 e. The number of nitrogens with one attached hydrogen (secondary N) is 1. The van der Waals surface area contributed by atoms with E-state index in [9.17, 15) is 18.9 Å². The van der Waals surface area contributed by atoms with Crippen molar-refractivity contribution in [3.05, 3.63) is 39.4 Å². The van der Waals surface area contributed by atoms with Crippen LogP contribution in [0.25, 0.3) is 0 Å². The van der Waals surface area contributed by atoms with E-state index in [1.54, 1.807) is 0 Å². The predicted octanol–water partition coefficient (Wildman–Crippen LogP) is 2.76. The van der Waals surface area contributed by atoms with Gasteiger partial charge in [0.05, 0.1) is 4.92 Å². The van der Waals surface area contributed by atoms with Crippen molar-refractivity contribution in [2.75, 3.05) is 0 Å². The summed E-state index contributed by atoms with van der Waals surface area (Å²) < 4.78 is 26.4. The number of hydrogen-bond acceptors (Lipinski definition) is 3. The highest BCUT2D eigenvalue weighted by Gasteiger charge is 2.18. The molecular weight excluding hydrogens is 230 g/mol. The quantitative estimate of drug-likeness (QED) is 0.640. The molecule has 1 rings (SSSR count). The van der Waals surface area contributed by atoms with Gasteiger partial charge in [0.15, 0.2) is 0 Å². The van der Waals surface area contributed by atoms with Gasteiger partial charge in [-0.3, -0.25) is 10.1 Å². The summed E-state index contributed by atoms with van der Waals surface area (Å²) in [6.07, 6.45) is 0.852. The average molecular weight is 244 g/mol. The molecule has 1 atom stereocenters. The number of hydrogen-bond donors (Lipinski definition) is 1. The summed E-state index contributed by atoms with van der Waals surface area (Å²) in [5.74, 6) is -1.93. The van der Waals surface area contributed by atoms with Crippen LogP contribution in [0.15, 0.2) is 12.1 Å². The highest BCUT2D eigenvalue weighted by atomic mass is 19.1. The first kappa shape index (κ1) is 13.5. The van der Waals surface area contributed by atoms with E-state index in [1.807, 2.05) is 13.8 Å². The molecule has 0 aliphatic rings. The third-order valence-corrected chi connectivity index (χ3v) is 2.57. The standard InChI is InChI=1S/C11H14F2N2O2/c1-3-7(2)14-6-8-4-11(15(16)17)10(13)5-9(8)12/h4-5,7,14H,3,6H2,1-2H3. The molecule has 0 aliphatic carbocycles. The summed E-state index contributed by atoms with van der Waals surface area (Å²) in [5.41, 5.74) is -0.606. The first-order valence-electron chi connectivity index (χ1n) is 5.31. The van der Waals surface area contributed by atoms with Crippen LogP contribution in [-0.2, 0) is 6.54 Å². The second-order valence-corrected chi connectivity index (χ2v) is 3.84. The number of nitrogens with zero attached hydrogens (tertiary/aromatic N) is 1. The van der Waals surface area contributed by atoms with Gasteiger partial charge in [0.25, 0.3) is 0 Å². The average Bonchev–Trinajstić information content (AvgIpc) is 2.26. The smallest absolute Gasteiger partial charge is 0.305 e. The summed E-state index contributed by atoms with van der Waals surface area (Å²) in [7, 11) is 0. The molecule has 1 aromatic carbocycles. The molecule has 1 N–H and O–H groups in total. The van der Waals surface area contributed by atoms with Crippen LogP contribution in [0, 0.1) is 21.7 Å². The van der Waals surface area contributed by atoms with Crippen LogP contribution < -0.4 is 5.32 Å². The van der Waals surface area contributed by atoms with E-state index < -0.39 is 22.2 Å². The topological polar surface area (TPSA) is 55.2 Å². The number of benzene rings is 1. The zero-order valence-electron chi connectivity index (χ0n) is 9.67. The SMILES string of the molecule is CCC(C)NCc1cc([N+](=O)[O-])c(F)cc1F. The largest absolute Gasteiger partial charge is 0.310 e. The maximum absolute atomic E-state index is 13.3. The van der Waals surface area contributed by atoms with Gasteiger partial charge in [-0.25, -0.2) is 4.39 Å². The minimum atomic E-state index is -1.15. The molecule has 0 amide bonds. The fraction of sp³-hybridized carbons (Fsp3) is 0.455. The van der Waals surface area contributed by atoms with Gasteiger partial charge >= 0.3 is 5.69 Å². The van der Waals surface area contributed by atoms with Gasteiger partial charge in [0.1, 0.15) is 5.82 Å². The third kappa shape index (κ3) is 3.45. The Labute approximate surface area is 97.8 Å². The molecule has 0 spiro atoms. The normalized spacial score (nSPS) is 12.5. The molecular formula is C11H14F2N2O2. The lowest BCUT2D eigenvalue weighted by Gasteiger charge is -2.11. The lowest BCUT2D eigenvalue weighted by atomic mass is 10.1. The van der Waals surface area contributed by atoms with Gasteiger partial charge in [-0.1, -0.05) is 6.92 Å². The van der Waals surface area contributed by atoms with E-state index >= 15 is 0 Å². The van der Waals surface area contributed by atoms with Crippen molar-refractivity contribution >= 4 is 5.69 Å². The molecule has 94 valence electrons. The number of nitro benzene ring substituents is 1. The Morgan fingerprint density at radius 3 is 2.59 bits per heavy atom. The molecule has 1 aromatic rings. The number of rotatable bonds is 5. The molecule has 0 heterocycles. The lowest BCUT2D eigenvalue weighted by Crippen LogP contribution is -2.25. The number of nitro groups is 1. The molecule has 4 nitrogen and oxygen atoms in total. The highest BCUT2D eigenvalue weighted by molar-refractivity contribution is 5.37. The van der Waals surface area contributed by atoms with Gasteiger partial charge in [-0.15, -0.1) is 0 Å². The summed E-state index contributed by atoms with van der Waals surface area (Å²) in [5, 5.41) is 13.5. The molecule has 0 saturated carbocycles. The summed E-state index contributed by atoms with van der Waals surface area (Å²) >= 11 is 0. The van der Waals surface area contributed by atoms with Crippen molar-refractivity contribution in [1.29, 1.82) is 0 Å². The molecule has 0 aliphatic heterocycles. The second kappa shape index (κ2) is 5.67. The Bertz CT molecular complexity index is 424. The van der Waals surface area contributed by atoms with Gasteiger partial charge in [-0.05, 0) is 13.3 Å². The van der Waals surface area contributed by atoms with Crippen molar-refractivity contribution < 1.29 is 13.7 Å². The van der Waals surface area contributed by atoms with Gasteiger partial charge in [0, 0.05) is 30.3 Å². The fourth-order valence-electron chi connectivity index (χ4n) is 1.28. The Kier molecular flexibility index (Phi) is 4.51. The van der Waals surface area contributed by atoms with Crippen LogP contribution in [-0.4, -0.2) is 11.0 Å². The van der Waals surface area contributed by atoms with E-state index in [-0.39, 0.29) is 18.2 Å². The van der Waals surface area contributed by atoms with Crippen LogP contribution in [0.1, 0.15) is 25.8 Å². The van der Waals surface area contributed by atoms with E-state index in [4.69, 9.17) is 0 Å². The minimum Gasteiger partial charge on any atom is -0.310 e. The predicted molar refractivity (Wildman–Crippen MR) is 59.6 cm³/mol. The Balaban J connectivity index is 2.92. The summed E-state index contributed by atoms with van der Waals surface area (Å²) in [4.78, 5) is 9.64. The molecule has 0 aromatic heterocycles. The van der Waals surface area contributed by atoms with Crippen molar-refractivity contribution in [2.45, 2.75) is 32.9 Å².